The Morgan fingerprint density at radius 2 is 1.83 bits per heavy atom. The van der Waals surface area contributed by atoms with Crippen molar-refractivity contribution in [3.8, 4) is 6.07 Å². The molecule has 24 heavy (non-hydrogen) atoms. The maximum absolute atomic E-state index is 13.7. The van der Waals surface area contributed by atoms with E-state index >= 15 is 0 Å². The van der Waals surface area contributed by atoms with Crippen LogP contribution in [0.1, 0.15) is 11.1 Å². The summed E-state index contributed by atoms with van der Waals surface area (Å²) in [6.07, 6.45) is -0.336. The van der Waals surface area contributed by atoms with Gasteiger partial charge in [-0.1, -0.05) is 18.2 Å². The average Bonchev–Trinajstić information content (AvgIpc) is 2.56. The van der Waals surface area contributed by atoms with Gasteiger partial charge < -0.3 is 5.11 Å². The van der Waals surface area contributed by atoms with Crippen molar-refractivity contribution in [1.82, 2.24) is 4.72 Å². The fourth-order valence-corrected chi connectivity index (χ4v) is 3.22. The van der Waals surface area contributed by atoms with Crippen molar-refractivity contribution in [3.05, 3.63) is 65.5 Å². The number of carbonyl (C=O) groups is 1. The van der Waals surface area contributed by atoms with E-state index in [0.717, 1.165) is 0 Å². The molecule has 0 aliphatic rings. The largest absolute Gasteiger partial charge is 0.480 e. The zero-order chi connectivity index (χ0) is 17.7. The molecule has 0 heterocycles. The van der Waals surface area contributed by atoms with Gasteiger partial charge in [-0.05, 0) is 35.9 Å². The molecule has 1 unspecified atom stereocenters. The number of rotatable bonds is 6. The molecule has 8 heteroatoms. The second kappa shape index (κ2) is 7.21. The van der Waals surface area contributed by atoms with Gasteiger partial charge in [-0.2, -0.15) is 9.98 Å². The van der Waals surface area contributed by atoms with E-state index in [1.54, 1.807) is 0 Å². The Morgan fingerprint density at radius 3 is 2.38 bits per heavy atom. The van der Waals surface area contributed by atoms with E-state index in [2.05, 4.69) is 0 Å². The monoisotopic (exact) mass is 348 g/mol. The first-order valence-corrected chi connectivity index (χ1v) is 8.30. The number of hydrogen-bond acceptors (Lipinski definition) is 4. The molecule has 0 aromatic heterocycles. The molecule has 0 saturated carbocycles. The Labute approximate surface area is 138 Å². The molecule has 1 atom stereocenters. The summed E-state index contributed by atoms with van der Waals surface area (Å²) in [5.74, 6) is -2.03. The van der Waals surface area contributed by atoms with E-state index in [9.17, 15) is 22.7 Å². The first-order valence-electron chi connectivity index (χ1n) is 6.82. The summed E-state index contributed by atoms with van der Waals surface area (Å²) in [4.78, 5) is 11.2. The highest BCUT2D eigenvalue weighted by atomic mass is 32.2. The number of nitrogens with zero attached hydrogens (tertiary/aromatic N) is 1. The minimum atomic E-state index is -4.13. The third-order valence-corrected chi connectivity index (χ3v) is 4.76. The van der Waals surface area contributed by atoms with E-state index in [4.69, 9.17) is 5.26 Å². The normalized spacial score (nSPS) is 12.3. The highest BCUT2D eigenvalue weighted by Crippen LogP contribution is 2.14. The molecule has 0 bridgehead atoms. The van der Waals surface area contributed by atoms with Crippen LogP contribution >= 0.6 is 0 Å². The molecule has 0 saturated heterocycles. The third kappa shape index (κ3) is 4.16. The van der Waals surface area contributed by atoms with Crippen LogP contribution in [0.5, 0.6) is 0 Å². The van der Waals surface area contributed by atoms with Gasteiger partial charge in [0.2, 0.25) is 10.0 Å². The number of halogens is 1. The van der Waals surface area contributed by atoms with E-state index < -0.39 is 27.9 Å². The predicted molar refractivity (Wildman–Crippen MR) is 83.0 cm³/mol. The van der Waals surface area contributed by atoms with Crippen LogP contribution in [0.3, 0.4) is 0 Å². The maximum Gasteiger partial charge on any atom is 0.322 e. The molecular formula is C16H13FN2O4S. The lowest BCUT2D eigenvalue weighted by atomic mass is 10.1. The Hall–Kier alpha value is -2.76. The Kier molecular flexibility index (Phi) is 5.28. The molecular weight excluding hydrogens is 335 g/mol. The van der Waals surface area contributed by atoms with Crippen LogP contribution in [-0.2, 0) is 21.2 Å². The van der Waals surface area contributed by atoms with Gasteiger partial charge in [-0.25, -0.2) is 12.8 Å². The molecule has 2 N–H and O–H groups in total. The molecule has 2 rings (SSSR count). The van der Waals surface area contributed by atoms with Gasteiger partial charge in [0.05, 0.1) is 16.5 Å². The van der Waals surface area contributed by atoms with Crippen LogP contribution in [-0.4, -0.2) is 25.5 Å². The fraction of sp³-hybridized carbons (Fsp3) is 0.125. The summed E-state index contributed by atoms with van der Waals surface area (Å²) in [6, 6.07) is 10.9. The van der Waals surface area contributed by atoms with Crippen molar-refractivity contribution >= 4 is 16.0 Å². The number of aliphatic carboxylic acids is 1. The Morgan fingerprint density at radius 1 is 1.21 bits per heavy atom. The Bertz CT molecular complexity index is 889. The van der Waals surface area contributed by atoms with Crippen LogP contribution in [0.4, 0.5) is 4.39 Å². The summed E-state index contributed by atoms with van der Waals surface area (Å²) in [6.45, 7) is 0. The number of carboxylic acids is 1. The molecule has 0 spiro atoms. The second-order valence-corrected chi connectivity index (χ2v) is 6.66. The van der Waals surface area contributed by atoms with Gasteiger partial charge in [-0.15, -0.1) is 0 Å². The van der Waals surface area contributed by atoms with E-state index in [1.807, 2.05) is 10.8 Å². The predicted octanol–water partition coefficient (Wildman–Crippen LogP) is 1.67. The molecule has 2 aromatic carbocycles. The lowest BCUT2D eigenvalue weighted by molar-refractivity contribution is -0.138. The van der Waals surface area contributed by atoms with Crippen molar-refractivity contribution in [1.29, 1.82) is 5.26 Å². The van der Waals surface area contributed by atoms with Gasteiger partial charge >= 0.3 is 5.97 Å². The van der Waals surface area contributed by atoms with Crippen molar-refractivity contribution in [2.45, 2.75) is 17.4 Å². The summed E-state index contributed by atoms with van der Waals surface area (Å²) in [7, 11) is -4.13. The SMILES string of the molecule is N#Cc1ccc(S(=O)(=O)NC(Cc2ccccc2F)C(=O)O)cc1. The zero-order valence-corrected chi connectivity index (χ0v) is 13.1. The van der Waals surface area contributed by atoms with Crippen LogP contribution in [0.25, 0.3) is 0 Å². The fourth-order valence-electron chi connectivity index (χ4n) is 2.03. The molecule has 0 fully saturated rings. The molecule has 124 valence electrons. The summed E-state index contributed by atoms with van der Waals surface area (Å²) >= 11 is 0. The van der Waals surface area contributed by atoms with Crippen LogP contribution < -0.4 is 4.72 Å². The number of benzene rings is 2. The van der Waals surface area contributed by atoms with Gasteiger partial charge in [0.25, 0.3) is 0 Å². The summed E-state index contributed by atoms with van der Waals surface area (Å²) < 4.78 is 40.2. The zero-order valence-electron chi connectivity index (χ0n) is 12.3. The topological polar surface area (TPSA) is 107 Å². The highest BCUT2D eigenvalue weighted by Gasteiger charge is 2.26. The lowest BCUT2D eigenvalue weighted by Gasteiger charge is -2.15. The van der Waals surface area contributed by atoms with E-state index in [-0.39, 0.29) is 22.4 Å². The van der Waals surface area contributed by atoms with E-state index in [0.29, 0.717) is 0 Å². The molecule has 6 nitrogen and oxygen atoms in total. The number of hydrogen-bond donors (Lipinski definition) is 2. The quantitative estimate of drug-likeness (QED) is 0.826. The van der Waals surface area contributed by atoms with Crippen LogP contribution in [0, 0.1) is 17.1 Å². The number of nitriles is 1. The van der Waals surface area contributed by atoms with Gasteiger partial charge in [0, 0.05) is 6.42 Å². The van der Waals surface area contributed by atoms with Gasteiger partial charge in [0.15, 0.2) is 0 Å². The molecule has 0 radical (unpaired) electrons. The first kappa shape index (κ1) is 17.6. The molecule has 0 amide bonds. The number of sulfonamides is 1. The second-order valence-electron chi connectivity index (χ2n) is 4.94. The van der Waals surface area contributed by atoms with Gasteiger partial charge in [0.1, 0.15) is 11.9 Å². The third-order valence-electron chi connectivity index (χ3n) is 3.27. The maximum atomic E-state index is 13.7. The van der Waals surface area contributed by atoms with Crippen molar-refractivity contribution in [2.75, 3.05) is 0 Å². The average molecular weight is 348 g/mol. The first-order chi connectivity index (χ1) is 11.3. The number of nitrogens with one attached hydrogen (secondary N) is 1. The lowest BCUT2D eigenvalue weighted by Crippen LogP contribution is -2.42. The molecule has 0 aliphatic heterocycles. The van der Waals surface area contributed by atoms with Crippen molar-refractivity contribution in [2.24, 2.45) is 0 Å². The smallest absolute Gasteiger partial charge is 0.322 e. The standard InChI is InChI=1S/C16H13FN2O4S/c17-14-4-2-1-3-12(14)9-15(16(20)21)19-24(22,23)13-7-5-11(10-18)6-8-13/h1-8,15,19H,9H2,(H,20,21). The van der Waals surface area contributed by atoms with E-state index in [1.165, 1.54) is 48.5 Å². The van der Waals surface area contributed by atoms with Crippen LogP contribution in [0.2, 0.25) is 0 Å². The highest BCUT2D eigenvalue weighted by molar-refractivity contribution is 7.89. The Balaban J connectivity index is 2.24. The van der Waals surface area contributed by atoms with Crippen LogP contribution in [0.15, 0.2) is 53.4 Å². The van der Waals surface area contributed by atoms with Crippen molar-refractivity contribution in [3.63, 3.8) is 0 Å². The minimum Gasteiger partial charge on any atom is -0.480 e. The summed E-state index contributed by atoms with van der Waals surface area (Å²) in [5, 5.41) is 17.9. The van der Waals surface area contributed by atoms with Crippen molar-refractivity contribution < 1.29 is 22.7 Å². The minimum absolute atomic E-state index is 0.0902. The van der Waals surface area contributed by atoms with Gasteiger partial charge in [-0.3, -0.25) is 4.79 Å². The molecule has 2 aromatic rings. The molecule has 0 aliphatic carbocycles. The summed E-state index contributed by atoms with van der Waals surface area (Å²) in [5.41, 5.74) is 0.363. The number of carboxylic acid groups (broad SMARTS) is 1.